The van der Waals surface area contributed by atoms with Gasteiger partial charge < -0.3 is 4.90 Å². The van der Waals surface area contributed by atoms with Crippen LogP contribution < -0.4 is 4.90 Å². The highest BCUT2D eigenvalue weighted by molar-refractivity contribution is 7.71. The fourth-order valence-corrected chi connectivity index (χ4v) is 5.49. The van der Waals surface area contributed by atoms with Crippen molar-refractivity contribution in [2.75, 3.05) is 31.1 Å². The van der Waals surface area contributed by atoms with Crippen molar-refractivity contribution in [2.45, 2.75) is 13.0 Å². The minimum atomic E-state index is -0.185. The Morgan fingerprint density at radius 2 is 1.54 bits per heavy atom. The van der Waals surface area contributed by atoms with E-state index < -0.39 is 0 Å². The quantitative estimate of drug-likeness (QED) is 0.272. The lowest BCUT2D eigenvalue weighted by atomic mass is 10.0. The molecule has 5 rings (SSSR count). The van der Waals surface area contributed by atoms with Gasteiger partial charge in [0.1, 0.15) is 0 Å². The number of aromatic nitrogens is 3. The molecule has 0 aliphatic carbocycles. The van der Waals surface area contributed by atoms with Crippen LogP contribution in [0.4, 0.5) is 5.69 Å². The molecule has 1 fully saturated rings. The second-order valence-corrected chi connectivity index (χ2v) is 10.2. The Hall–Kier alpha value is -2.35. The van der Waals surface area contributed by atoms with E-state index in [1.165, 1.54) is 5.56 Å². The van der Waals surface area contributed by atoms with Crippen LogP contribution in [-0.2, 0) is 0 Å². The molecule has 1 aliphatic rings. The minimum absolute atomic E-state index is 0.185. The van der Waals surface area contributed by atoms with E-state index >= 15 is 0 Å². The average Bonchev–Trinajstić information content (AvgIpc) is 3.24. The van der Waals surface area contributed by atoms with Gasteiger partial charge in [0.25, 0.3) is 0 Å². The summed E-state index contributed by atoms with van der Waals surface area (Å²) in [7, 11) is 0. The number of rotatable bonds is 5. The highest BCUT2D eigenvalue weighted by atomic mass is 35.5. The Morgan fingerprint density at radius 3 is 2.26 bits per heavy atom. The standard InChI is InChI=1S/C26H24Cl3N5S/c1-17-9-11-18(12-10-17)34-25(30-31-26(34)35)24(19-5-2-3-6-20(19)27)33-15-13-32(14-16-33)22-8-4-7-21(28)23(22)29/h2-12,24H,13-16H2,1H3,(H,31,35). The van der Waals surface area contributed by atoms with Crippen molar-refractivity contribution in [1.29, 1.82) is 0 Å². The van der Waals surface area contributed by atoms with Crippen LogP contribution in [-0.4, -0.2) is 45.8 Å². The number of hydrogen-bond acceptors (Lipinski definition) is 4. The summed E-state index contributed by atoms with van der Waals surface area (Å²) in [6.45, 7) is 5.21. The Bertz CT molecular complexity index is 1390. The fraction of sp³-hybridized carbons (Fsp3) is 0.231. The van der Waals surface area contributed by atoms with Crippen molar-refractivity contribution in [3.63, 3.8) is 0 Å². The molecule has 0 amide bonds. The molecule has 0 bridgehead atoms. The Kier molecular flexibility index (Phi) is 7.19. The van der Waals surface area contributed by atoms with Gasteiger partial charge in [0.2, 0.25) is 0 Å². The number of anilines is 1. The highest BCUT2D eigenvalue weighted by Crippen LogP contribution is 2.37. The van der Waals surface area contributed by atoms with Crippen molar-refractivity contribution in [1.82, 2.24) is 19.7 Å². The van der Waals surface area contributed by atoms with Gasteiger partial charge in [0.05, 0.1) is 21.8 Å². The molecule has 5 nitrogen and oxygen atoms in total. The molecule has 1 saturated heterocycles. The maximum absolute atomic E-state index is 6.73. The maximum atomic E-state index is 6.73. The minimum Gasteiger partial charge on any atom is -0.368 e. The maximum Gasteiger partial charge on any atom is 0.199 e. The van der Waals surface area contributed by atoms with E-state index in [1.54, 1.807) is 0 Å². The zero-order valence-corrected chi connectivity index (χ0v) is 22.2. The SMILES string of the molecule is Cc1ccc(-n2c(C(c3ccccc3Cl)N3CCN(c4cccc(Cl)c4Cl)CC3)n[nH]c2=S)cc1. The normalized spacial score (nSPS) is 15.4. The first-order valence-electron chi connectivity index (χ1n) is 11.4. The summed E-state index contributed by atoms with van der Waals surface area (Å²) in [5, 5.41) is 9.56. The molecule has 1 atom stereocenters. The number of nitrogens with zero attached hydrogens (tertiary/aromatic N) is 4. The van der Waals surface area contributed by atoms with Crippen LogP contribution >= 0.6 is 47.0 Å². The van der Waals surface area contributed by atoms with Gasteiger partial charge in [-0.05, 0) is 55.0 Å². The van der Waals surface area contributed by atoms with Gasteiger partial charge in [0.15, 0.2) is 10.6 Å². The molecule has 35 heavy (non-hydrogen) atoms. The number of aromatic amines is 1. The molecule has 180 valence electrons. The lowest BCUT2D eigenvalue weighted by molar-refractivity contribution is 0.204. The molecular weight excluding hydrogens is 521 g/mol. The first-order chi connectivity index (χ1) is 16.9. The van der Waals surface area contributed by atoms with Crippen molar-refractivity contribution < 1.29 is 0 Å². The van der Waals surface area contributed by atoms with E-state index in [0.29, 0.717) is 19.8 Å². The molecule has 0 radical (unpaired) electrons. The third-order valence-corrected chi connectivity index (χ3v) is 7.81. The summed E-state index contributed by atoms with van der Waals surface area (Å²) in [6.07, 6.45) is 0. The number of halogens is 3. The number of piperazine rings is 1. The summed E-state index contributed by atoms with van der Waals surface area (Å²) >= 11 is 25.2. The van der Waals surface area contributed by atoms with Crippen LogP contribution in [0, 0.1) is 11.7 Å². The lowest BCUT2D eigenvalue weighted by Crippen LogP contribution is -2.48. The van der Waals surface area contributed by atoms with Crippen LogP contribution in [0.3, 0.4) is 0 Å². The van der Waals surface area contributed by atoms with Crippen molar-refractivity contribution >= 4 is 52.7 Å². The van der Waals surface area contributed by atoms with Gasteiger partial charge >= 0.3 is 0 Å². The molecule has 1 aromatic heterocycles. The van der Waals surface area contributed by atoms with Crippen LogP contribution in [0.1, 0.15) is 23.0 Å². The number of nitrogens with one attached hydrogen (secondary N) is 1. The van der Waals surface area contributed by atoms with E-state index in [-0.39, 0.29) is 6.04 Å². The van der Waals surface area contributed by atoms with Crippen LogP contribution in [0.2, 0.25) is 15.1 Å². The second kappa shape index (κ2) is 10.3. The van der Waals surface area contributed by atoms with Crippen molar-refractivity contribution in [3.8, 4) is 5.69 Å². The molecule has 2 heterocycles. The van der Waals surface area contributed by atoms with Crippen LogP contribution in [0.5, 0.6) is 0 Å². The molecule has 3 aromatic carbocycles. The molecular formula is C26H24Cl3N5S. The first-order valence-corrected chi connectivity index (χ1v) is 12.9. The van der Waals surface area contributed by atoms with Gasteiger partial charge in [-0.2, -0.15) is 5.10 Å². The average molecular weight is 545 g/mol. The smallest absolute Gasteiger partial charge is 0.199 e. The Morgan fingerprint density at radius 1 is 0.857 bits per heavy atom. The first kappa shape index (κ1) is 24.3. The molecule has 0 spiro atoms. The van der Waals surface area contributed by atoms with E-state index in [4.69, 9.17) is 52.1 Å². The molecule has 1 unspecified atom stereocenters. The van der Waals surface area contributed by atoms with Crippen LogP contribution in [0.15, 0.2) is 66.7 Å². The van der Waals surface area contributed by atoms with Gasteiger partial charge in [-0.15, -0.1) is 0 Å². The van der Waals surface area contributed by atoms with E-state index in [1.807, 2.05) is 41.0 Å². The number of hydrogen-bond donors (Lipinski definition) is 1. The van der Waals surface area contributed by atoms with E-state index in [0.717, 1.165) is 48.9 Å². The predicted molar refractivity (Wildman–Crippen MR) is 147 cm³/mol. The number of H-pyrrole nitrogens is 1. The largest absolute Gasteiger partial charge is 0.368 e. The van der Waals surface area contributed by atoms with E-state index in [9.17, 15) is 0 Å². The molecule has 1 aliphatic heterocycles. The summed E-state index contributed by atoms with van der Waals surface area (Å²) in [5.74, 6) is 0.807. The third kappa shape index (κ3) is 4.86. The molecule has 4 aromatic rings. The highest BCUT2D eigenvalue weighted by Gasteiger charge is 2.32. The summed E-state index contributed by atoms with van der Waals surface area (Å²) in [5.41, 5.74) is 4.09. The van der Waals surface area contributed by atoms with Gasteiger partial charge in [-0.25, -0.2) is 0 Å². The van der Waals surface area contributed by atoms with Crippen LogP contribution in [0.25, 0.3) is 5.69 Å². The van der Waals surface area contributed by atoms with Crippen molar-refractivity contribution in [2.24, 2.45) is 0 Å². The molecule has 9 heteroatoms. The zero-order valence-electron chi connectivity index (χ0n) is 19.1. The lowest BCUT2D eigenvalue weighted by Gasteiger charge is -2.40. The zero-order chi connectivity index (χ0) is 24.5. The van der Waals surface area contributed by atoms with Gasteiger partial charge in [0, 0.05) is 36.9 Å². The van der Waals surface area contributed by atoms with Gasteiger partial charge in [-0.3, -0.25) is 14.6 Å². The Balaban J connectivity index is 1.52. The van der Waals surface area contributed by atoms with Crippen molar-refractivity contribution in [3.05, 3.63) is 104 Å². The van der Waals surface area contributed by atoms with E-state index in [2.05, 4.69) is 52.2 Å². The number of aryl methyl sites for hydroxylation is 1. The third-order valence-electron chi connectivity index (χ3n) is 6.39. The monoisotopic (exact) mass is 543 g/mol. The topological polar surface area (TPSA) is 40.1 Å². The summed E-state index contributed by atoms with van der Waals surface area (Å²) in [4.78, 5) is 4.66. The van der Waals surface area contributed by atoms with Gasteiger partial charge in [-0.1, -0.05) is 76.8 Å². The summed E-state index contributed by atoms with van der Waals surface area (Å²) < 4.78 is 2.55. The number of benzene rings is 3. The fourth-order valence-electron chi connectivity index (χ4n) is 4.59. The second-order valence-electron chi connectivity index (χ2n) is 8.58. The molecule has 1 N–H and O–H groups in total. The molecule has 0 saturated carbocycles. The predicted octanol–water partition coefficient (Wildman–Crippen LogP) is 7.11. The summed E-state index contributed by atoms with van der Waals surface area (Å²) in [6, 6.07) is 21.8. The Labute approximate surface area is 224 Å².